The second-order valence-corrected chi connectivity index (χ2v) is 7.18. The Labute approximate surface area is 177 Å². The minimum Gasteiger partial charge on any atom is -0.376 e. The number of carbonyl (C=O) groups excluding carboxylic acids is 3. The minimum absolute atomic E-state index is 0.0339. The smallest absolute Gasteiger partial charge is 0.253 e. The van der Waals surface area contributed by atoms with Gasteiger partial charge in [-0.15, -0.1) is 0 Å². The van der Waals surface area contributed by atoms with Crippen LogP contribution in [0.4, 0.5) is 17.1 Å². The monoisotopic (exact) mass is 410 g/mol. The molecule has 0 fully saturated rings. The minimum atomic E-state index is -0.234. The molecule has 0 atom stereocenters. The van der Waals surface area contributed by atoms with E-state index in [1.807, 2.05) is 33.8 Å². The molecule has 0 heterocycles. The van der Waals surface area contributed by atoms with Gasteiger partial charge in [0.2, 0.25) is 11.8 Å². The summed E-state index contributed by atoms with van der Waals surface area (Å²) in [5.41, 5.74) is 2.50. The Balaban J connectivity index is 1.95. The van der Waals surface area contributed by atoms with Crippen molar-refractivity contribution >= 4 is 34.8 Å². The molecule has 0 spiro atoms. The highest BCUT2D eigenvalue weighted by Crippen LogP contribution is 2.16. The van der Waals surface area contributed by atoms with Crippen LogP contribution in [0.3, 0.4) is 0 Å². The van der Waals surface area contributed by atoms with Crippen LogP contribution in [0, 0.1) is 5.92 Å². The van der Waals surface area contributed by atoms with Crippen molar-refractivity contribution in [2.75, 3.05) is 35.6 Å². The van der Waals surface area contributed by atoms with Gasteiger partial charge in [-0.2, -0.15) is 0 Å². The lowest BCUT2D eigenvalue weighted by Crippen LogP contribution is -2.30. The van der Waals surface area contributed by atoms with Gasteiger partial charge in [-0.25, -0.2) is 0 Å². The number of benzene rings is 2. The Morgan fingerprint density at radius 1 is 0.867 bits per heavy atom. The summed E-state index contributed by atoms with van der Waals surface area (Å²) in [6.07, 6.45) is 0. The summed E-state index contributed by atoms with van der Waals surface area (Å²) in [5.74, 6) is -0.479. The Kier molecular flexibility index (Phi) is 8.41. The Morgan fingerprint density at radius 3 is 2.10 bits per heavy atom. The fraction of sp³-hybridized carbons (Fsp3) is 0.348. The lowest BCUT2D eigenvalue weighted by molar-refractivity contribution is -0.119. The van der Waals surface area contributed by atoms with Crippen LogP contribution < -0.4 is 16.0 Å². The summed E-state index contributed by atoms with van der Waals surface area (Å²) in [6, 6.07) is 14.1. The highest BCUT2D eigenvalue weighted by molar-refractivity contribution is 5.97. The van der Waals surface area contributed by atoms with Crippen molar-refractivity contribution < 1.29 is 14.4 Å². The van der Waals surface area contributed by atoms with Gasteiger partial charge in [0, 0.05) is 41.6 Å². The first-order valence-electron chi connectivity index (χ1n) is 10.2. The SMILES string of the molecule is CCN(CC)C(=O)c1cccc(NCC(=O)Nc2cccc(NC(=O)C(C)C)c2)c1. The standard InChI is InChI=1S/C23H30N4O3/c1-5-27(6-2)23(30)17-9-7-10-18(13-17)24-15-21(28)25-19-11-8-12-20(14-19)26-22(29)16(3)4/h7-14,16,24H,5-6,15H2,1-4H3,(H,25,28)(H,26,29). The van der Waals surface area contributed by atoms with Gasteiger partial charge in [0.05, 0.1) is 6.54 Å². The molecule has 7 heteroatoms. The summed E-state index contributed by atoms with van der Waals surface area (Å²) in [5, 5.41) is 8.65. The third kappa shape index (κ3) is 6.62. The molecule has 2 aromatic rings. The molecule has 2 rings (SSSR count). The first kappa shape index (κ1) is 22.9. The molecule has 0 aliphatic carbocycles. The molecule has 0 unspecified atom stereocenters. The van der Waals surface area contributed by atoms with Gasteiger partial charge in [-0.3, -0.25) is 14.4 Å². The van der Waals surface area contributed by atoms with E-state index < -0.39 is 0 Å². The molecule has 3 N–H and O–H groups in total. The van der Waals surface area contributed by atoms with Crippen molar-refractivity contribution in [2.24, 2.45) is 5.92 Å². The maximum Gasteiger partial charge on any atom is 0.253 e. The fourth-order valence-electron chi connectivity index (χ4n) is 2.80. The Morgan fingerprint density at radius 2 is 1.47 bits per heavy atom. The van der Waals surface area contributed by atoms with Crippen molar-refractivity contribution in [3.05, 3.63) is 54.1 Å². The van der Waals surface area contributed by atoms with E-state index in [1.165, 1.54) is 0 Å². The number of hydrogen-bond donors (Lipinski definition) is 3. The van der Waals surface area contributed by atoms with E-state index in [4.69, 9.17) is 0 Å². The van der Waals surface area contributed by atoms with Crippen molar-refractivity contribution in [3.8, 4) is 0 Å². The van der Waals surface area contributed by atoms with Crippen molar-refractivity contribution in [1.82, 2.24) is 4.90 Å². The third-order valence-electron chi connectivity index (χ3n) is 4.55. The zero-order valence-electron chi connectivity index (χ0n) is 18.0. The van der Waals surface area contributed by atoms with Crippen LogP contribution in [-0.2, 0) is 9.59 Å². The molecule has 0 aliphatic rings. The van der Waals surface area contributed by atoms with E-state index in [0.717, 1.165) is 0 Å². The number of hydrogen-bond acceptors (Lipinski definition) is 4. The van der Waals surface area contributed by atoms with Crippen molar-refractivity contribution in [1.29, 1.82) is 0 Å². The van der Waals surface area contributed by atoms with Crippen LogP contribution in [-0.4, -0.2) is 42.3 Å². The predicted molar refractivity (Wildman–Crippen MR) is 121 cm³/mol. The van der Waals surface area contributed by atoms with Gasteiger partial charge in [-0.05, 0) is 50.2 Å². The number of rotatable bonds is 9. The van der Waals surface area contributed by atoms with Crippen LogP contribution in [0.25, 0.3) is 0 Å². The molecule has 3 amide bonds. The number of nitrogens with one attached hydrogen (secondary N) is 3. The average Bonchev–Trinajstić information content (AvgIpc) is 2.73. The topological polar surface area (TPSA) is 90.5 Å². The molecule has 7 nitrogen and oxygen atoms in total. The maximum absolute atomic E-state index is 12.5. The van der Waals surface area contributed by atoms with E-state index in [-0.39, 0.29) is 30.2 Å². The summed E-state index contributed by atoms with van der Waals surface area (Å²) in [4.78, 5) is 38.4. The van der Waals surface area contributed by atoms with Gasteiger partial charge in [0.15, 0.2) is 0 Å². The maximum atomic E-state index is 12.5. The largest absolute Gasteiger partial charge is 0.376 e. The van der Waals surface area contributed by atoms with Gasteiger partial charge >= 0.3 is 0 Å². The summed E-state index contributed by atoms with van der Waals surface area (Å²) < 4.78 is 0. The second-order valence-electron chi connectivity index (χ2n) is 7.18. The number of carbonyl (C=O) groups is 3. The summed E-state index contributed by atoms with van der Waals surface area (Å²) in [7, 11) is 0. The number of amides is 3. The molecular weight excluding hydrogens is 380 g/mol. The fourth-order valence-corrected chi connectivity index (χ4v) is 2.80. The number of nitrogens with zero attached hydrogens (tertiary/aromatic N) is 1. The molecule has 0 aromatic heterocycles. The summed E-state index contributed by atoms with van der Waals surface area (Å²) >= 11 is 0. The van der Waals surface area contributed by atoms with E-state index in [9.17, 15) is 14.4 Å². The van der Waals surface area contributed by atoms with Crippen LogP contribution in [0.2, 0.25) is 0 Å². The molecule has 0 radical (unpaired) electrons. The molecule has 0 saturated heterocycles. The first-order chi connectivity index (χ1) is 14.3. The highest BCUT2D eigenvalue weighted by atomic mass is 16.2. The number of anilines is 3. The molecule has 160 valence electrons. The molecular formula is C23H30N4O3. The average molecular weight is 411 g/mol. The molecule has 0 aliphatic heterocycles. The lowest BCUT2D eigenvalue weighted by Gasteiger charge is -2.19. The zero-order valence-corrected chi connectivity index (χ0v) is 18.0. The molecule has 0 saturated carbocycles. The predicted octanol–water partition coefficient (Wildman–Crippen LogP) is 3.81. The van der Waals surface area contributed by atoms with E-state index in [1.54, 1.807) is 47.4 Å². The van der Waals surface area contributed by atoms with Gasteiger partial charge in [0.25, 0.3) is 5.91 Å². The van der Waals surface area contributed by atoms with Crippen molar-refractivity contribution in [3.63, 3.8) is 0 Å². The van der Waals surface area contributed by atoms with Crippen LogP contribution in [0.15, 0.2) is 48.5 Å². The van der Waals surface area contributed by atoms with E-state index in [0.29, 0.717) is 35.7 Å². The van der Waals surface area contributed by atoms with E-state index in [2.05, 4.69) is 16.0 Å². The van der Waals surface area contributed by atoms with Gasteiger partial charge in [0.1, 0.15) is 0 Å². The molecule has 0 bridgehead atoms. The summed E-state index contributed by atoms with van der Waals surface area (Å²) in [6.45, 7) is 8.85. The van der Waals surface area contributed by atoms with E-state index >= 15 is 0 Å². The molecule has 2 aromatic carbocycles. The van der Waals surface area contributed by atoms with Gasteiger partial charge < -0.3 is 20.9 Å². The van der Waals surface area contributed by atoms with Gasteiger partial charge in [-0.1, -0.05) is 26.0 Å². The normalized spacial score (nSPS) is 10.4. The Hall–Kier alpha value is -3.35. The van der Waals surface area contributed by atoms with Crippen molar-refractivity contribution in [2.45, 2.75) is 27.7 Å². The lowest BCUT2D eigenvalue weighted by atomic mass is 10.1. The first-order valence-corrected chi connectivity index (χ1v) is 10.2. The van der Waals surface area contributed by atoms with Crippen LogP contribution >= 0.6 is 0 Å². The third-order valence-corrected chi connectivity index (χ3v) is 4.55. The highest BCUT2D eigenvalue weighted by Gasteiger charge is 2.13. The van der Waals surface area contributed by atoms with Crippen LogP contribution in [0.5, 0.6) is 0 Å². The Bertz CT molecular complexity index is 892. The zero-order chi connectivity index (χ0) is 22.1. The molecule has 30 heavy (non-hydrogen) atoms. The second kappa shape index (κ2) is 11.0. The quantitative estimate of drug-likeness (QED) is 0.586. The van der Waals surface area contributed by atoms with Crippen LogP contribution in [0.1, 0.15) is 38.1 Å².